The topological polar surface area (TPSA) is 12.0 Å². The van der Waals surface area contributed by atoms with E-state index in [9.17, 15) is 0 Å². The van der Waals surface area contributed by atoms with Crippen molar-refractivity contribution in [2.45, 2.75) is 12.5 Å². The minimum absolute atomic E-state index is 0. The maximum atomic E-state index is 3.24. The first-order chi connectivity index (χ1) is 3.43. The minimum atomic E-state index is 0. The Morgan fingerprint density at radius 1 is 1.62 bits per heavy atom. The summed E-state index contributed by atoms with van der Waals surface area (Å²) in [6.07, 6.45) is 1.36. The van der Waals surface area contributed by atoms with E-state index < -0.39 is 0 Å². The van der Waals surface area contributed by atoms with Crippen LogP contribution in [-0.2, 0) is 0 Å². The molecule has 8 heavy (non-hydrogen) atoms. The second kappa shape index (κ2) is 4.48. The first-order valence-corrected chi connectivity index (χ1v) is 3.84. The zero-order valence-electron chi connectivity index (χ0n) is 5.02. The molecule has 50 valence electrons. The first-order valence-electron chi connectivity index (χ1n) is 2.68. The highest BCUT2D eigenvalue weighted by molar-refractivity contribution is 7.99. The molecule has 1 saturated heterocycles. The summed E-state index contributed by atoms with van der Waals surface area (Å²) in [5, 5.41) is 3.24. The number of hydrogen-bond donors (Lipinski definition) is 1. The summed E-state index contributed by atoms with van der Waals surface area (Å²) in [4.78, 5) is 0. The third kappa shape index (κ3) is 2.25. The first kappa shape index (κ1) is 8.60. The van der Waals surface area contributed by atoms with E-state index >= 15 is 0 Å². The summed E-state index contributed by atoms with van der Waals surface area (Å²) in [6.45, 7) is 0. The molecule has 1 atom stereocenters. The number of hydrogen-bond acceptors (Lipinski definition) is 2. The fourth-order valence-corrected chi connectivity index (χ4v) is 2.00. The number of rotatable bonds is 1. The molecule has 1 N–H and O–H groups in total. The number of halogens is 1. The van der Waals surface area contributed by atoms with Crippen LogP contribution < -0.4 is 5.32 Å². The van der Waals surface area contributed by atoms with Crippen molar-refractivity contribution < 1.29 is 0 Å². The molecule has 1 nitrogen and oxygen atoms in total. The van der Waals surface area contributed by atoms with Crippen LogP contribution in [0.3, 0.4) is 0 Å². The van der Waals surface area contributed by atoms with Crippen LogP contribution in [-0.4, -0.2) is 24.6 Å². The van der Waals surface area contributed by atoms with Crippen LogP contribution in [0.5, 0.6) is 0 Å². The Kier molecular flexibility index (Phi) is 4.81. The van der Waals surface area contributed by atoms with Crippen LogP contribution in [0.15, 0.2) is 0 Å². The minimum Gasteiger partial charge on any atom is -0.316 e. The van der Waals surface area contributed by atoms with Crippen molar-refractivity contribution in [1.82, 2.24) is 5.32 Å². The molecule has 0 aliphatic carbocycles. The average molecular weight is 154 g/mol. The fraction of sp³-hybridized carbons (Fsp3) is 1.00. The third-order valence-electron chi connectivity index (χ3n) is 1.34. The zero-order valence-corrected chi connectivity index (χ0v) is 6.65. The normalized spacial score (nSPS) is 27.4. The Balaban J connectivity index is 0.000000490. The van der Waals surface area contributed by atoms with Crippen LogP contribution in [0.25, 0.3) is 0 Å². The molecule has 1 rings (SSSR count). The van der Waals surface area contributed by atoms with E-state index in [1.165, 1.54) is 17.9 Å². The molecule has 1 unspecified atom stereocenters. The quantitative estimate of drug-likeness (QED) is 0.607. The van der Waals surface area contributed by atoms with Gasteiger partial charge in [-0.05, 0) is 19.2 Å². The summed E-state index contributed by atoms with van der Waals surface area (Å²) >= 11 is 2.04. The van der Waals surface area contributed by atoms with Gasteiger partial charge in [0.25, 0.3) is 0 Å². The molecule has 1 aliphatic rings. The van der Waals surface area contributed by atoms with Gasteiger partial charge in [-0.25, -0.2) is 0 Å². The Morgan fingerprint density at radius 2 is 2.38 bits per heavy atom. The van der Waals surface area contributed by atoms with Gasteiger partial charge in [0, 0.05) is 11.8 Å². The third-order valence-corrected chi connectivity index (χ3v) is 2.50. The van der Waals surface area contributed by atoms with E-state index in [2.05, 4.69) is 5.32 Å². The van der Waals surface area contributed by atoms with E-state index in [0.29, 0.717) is 0 Å². The Hall–Kier alpha value is 0.600. The molecule has 0 aromatic carbocycles. The summed E-state index contributed by atoms with van der Waals surface area (Å²) in [5.74, 6) is 2.67. The summed E-state index contributed by atoms with van der Waals surface area (Å²) in [7, 11) is 2.04. The van der Waals surface area contributed by atoms with E-state index in [1.54, 1.807) is 0 Å². The maximum absolute atomic E-state index is 3.24. The smallest absolute Gasteiger partial charge is 0.0163 e. The van der Waals surface area contributed by atoms with E-state index in [0.717, 1.165) is 6.04 Å². The van der Waals surface area contributed by atoms with Crippen LogP contribution in [0, 0.1) is 0 Å². The maximum Gasteiger partial charge on any atom is 0.0163 e. The molecule has 0 aromatic rings. The van der Waals surface area contributed by atoms with Gasteiger partial charge >= 0.3 is 0 Å². The van der Waals surface area contributed by atoms with Gasteiger partial charge in [0.15, 0.2) is 0 Å². The van der Waals surface area contributed by atoms with Crippen molar-refractivity contribution in [1.29, 1.82) is 0 Å². The van der Waals surface area contributed by atoms with Crippen LogP contribution >= 0.6 is 24.2 Å². The van der Waals surface area contributed by atoms with Gasteiger partial charge in [-0.2, -0.15) is 11.8 Å². The standard InChI is InChI=1S/C5H11NS.ClH/c1-6-5-2-3-7-4-5;/h5-6H,2-4H2,1H3;1H. The molecule has 1 aliphatic heterocycles. The molecule has 1 heterocycles. The molecule has 0 radical (unpaired) electrons. The summed E-state index contributed by atoms with van der Waals surface area (Å²) in [5.41, 5.74) is 0. The molecule has 3 heteroatoms. The molecule has 0 aromatic heterocycles. The lowest BCUT2D eigenvalue weighted by atomic mass is 10.3. The summed E-state index contributed by atoms with van der Waals surface area (Å²) in [6, 6.07) is 0.810. The van der Waals surface area contributed by atoms with Gasteiger partial charge in [0.2, 0.25) is 0 Å². The highest BCUT2D eigenvalue weighted by Gasteiger charge is 2.11. The highest BCUT2D eigenvalue weighted by atomic mass is 35.5. The Morgan fingerprint density at radius 3 is 2.62 bits per heavy atom. The number of thioether (sulfide) groups is 1. The van der Waals surface area contributed by atoms with E-state index in [1.807, 2.05) is 18.8 Å². The van der Waals surface area contributed by atoms with Gasteiger partial charge in [0.1, 0.15) is 0 Å². The monoisotopic (exact) mass is 153 g/mol. The van der Waals surface area contributed by atoms with Gasteiger partial charge in [-0.1, -0.05) is 0 Å². The second-order valence-electron chi connectivity index (χ2n) is 1.85. The van der Waals surface area contributed by atoms with Gasteiger partial charge in [-0.3, -0.25) is 0 Å². The second-order valence-corrected chi connectivity index (χ2v) is 3.00. The molecular weight excluding hydrogens is 142 g/mol. The van der Waals surface area contributed by atoms with Crippen molar-refractivity contribution in [2.24, 2.45) is 0 Å². The lowest BCUT2D eigenvalue weighted by molar-refractivity contribution is 0.624. The fourth-order valence-electron chi connectivity index (χ4n) is 0.762. The van der Waals surface area contributed by atoms with Crippen LogP contribution in [0.4, 0.5) is 0 Å². The number of nitrogens with one attached hydrogen (secondary N) is 1. The van der Waals surface area contributed by atoms with E-state index in [-0.39, 0.29) is 12.4 Å². The molecule has 0 bridgehead atoms. The van der Waals surface area contributed by atoms with E-state index in [4.69, 9.17) is 0 Å². The SMILES string of the molecule is CNC1CCSC1.Cl. The van der Waals surface area contributed by atoms with Gasteiger partial charge < -0.3 is 5.32 Å². The Bertz CT molecular complexity index is 54.4. The molecular formula is C5H12ClNS. The zero-order chi connectivity index (χ0) is 5.11. The Labute approximate surface area is 61.0 Å². The molecule has 0 saturated carbocycles. The highest BCUT2D eigenvalue weighted by Crippen LogP contribution is 2.15. The van der Waals surface area contributed by atoms with Gasteiger partial charge in [-0.15, -0.1) is 12.4 Å². The van der Waals surface area contributed by atoms with Crippen LogP contribution in [0.1, 0.15) is 6.42 Å². The molecule has 0 spiro atoms. The largest absolute Gasteiger partial charge is 0.316 e. The molecule has 0 amide bonds. The molecule has 1 fully saturated rings. The summed E-state index contributed by atoms with van der Waals surface area (Å²) < 4.78 is 0. The van der Waals surface area contributed by atoms with Crippen LogP contribution in [0.2, 0.25) is 0 Å². The lowest BCUT2D eigenvalue weighted by Crippen LogP contribution is -2.23. The predicted molar refractivity (Wildman–Crippen MR) is 42.0 cm³/mol. The van der Waals surface area contributed by atoms with Crippen molar-refractivity contribution >= 4 is 24.2 Å². The van der Waals surface area contributed by atoms with Crippen molar-refractivity contribution in [2.75, 3.05) is 18.6 Å². The lowest BCUT2D eigenvalue weighted by Gasteiger charge is -2.02. The predicted octanol–water partition coefficient (Wildman–Crippen LogP) is 1.13. The average Bonchev–Trinajstić information content (AvgIpc) is 2.14. The van der Waals surface area contributed by atoms with Gasteiger partial charge in [0.05, 0.1) is 0 Å². The van der Waals surface area contributed by atoms with Crippen molar-refractivity contribution in [3.8, 4) is 0 Å². The van der Waals surface area contributed by atoms with Crippen molar-refractivity contribution in [3.63, 3.8) is 0 Å². The van der Waals surface area contributed by atoms with Crippen molar-refractivity contribution in [3.05, 3.63) is 0 Å².